The number of anilines is 1. The molecule has 1 unspecified atom stereocenters. The maximum absolute atomic E-state index is 12.5. The van der Waals surface area contributed by atoms with Crippen LogP contribution in [-0.2, 0) is 9.59 Å². The van der Waals surface area contributed by atoms with Gasteiger partial charge in [-0.25, -0.2) is 0 Å². The first kappa shape index (κ1) is 19.6. The number of benzene rings is 2. The van der Waals surface area contributed by atoms with Crippen molar-refractivity contribution < 1.29 is 14.4 Å². The number of likely N-dealkylation sites (tertiary alicyclic amines) is 1. The summed E-state index contributed by atoms with van der Waals surface area (Å²) in [6, 6.07) is 16.5. The molecule has 1 saturated heterocycles. The number of aryl methyl sites for hydroxylation is 1. The molecular formula is C22H25N3O3. The molecule has 0 spiro atoms. The highest BCUT2D eigenvalue weighted by Crippen LogP contribution is 2.19. The number of nitrogens with zero attached hydrogens (tertiary/aromatic N) is 1. The Bertz CT molecular complexity index is 851. The van der Waals surface area contributed by atoms with E-state index in [4.69, 9.17) is 0 Å². The summed E-state index contributed by atoms with van der Waals surface area (Å²) >= 11 is 0. The van der Waals surface area contributed by atoms with Crippen molar-refractivity contribution in [3.63, 3.8) is 0 Å². The van der Waals surface area contributed by atoms with Gasteiger partial charge in [-0.3, -0.25) is 14.4 Å². The predicted octanol–water partition coefficient (Wildman–Crippen LogP) is 2.60. The summed E-state index contributed by atoms with van der Waals surface area (Å²) in [5.41, 5.74) is 2.27. The van der Waals surface area contributed by atoms with Gasteiger partial charge in [0.05, 0.1) is 12.5 Å². The number of hydrogen-bond acceptors (Lipinski definition) is 3. The van der Waals surface area contributed by atoms with Crippen LogP contribution in [0.4, 0.5) is 5.69 Å². The van der Waals surface area contributed by atoms with E-state index in [1.165, 1.54) is 0 Å². The Balaban J connectivity index is 1.51. The molecule has 1 aliphatic rings. The Morgan fingerprint density at radius 2 is 1.86 bits per heavy atom. The SMILES string of the molecule is Cc1cccc(C(=O)NCC(=O)N2CCCC(C(=O)Nc3ccccc3)C2)c1. The Labute approximate surface area is 164 Å². The maximum atomic E-state index is 12.5. The zero-order valence-corrected chi connectivity index (χ0v) is 16.0. The van der Waals surface area contributed by atoms with E-state index in [9.17, 15) is 14.4 Å². The van der Waals surface area contributed by atoms with E-state index in [1.807, 2.05) is 49.4 Å². The zero-order chi connectivity index (χ0) is 19.9. The molecule has 1 heterocycles. The highest BCUT2D eigenvalue weighted by molar-refractivity contribution is 5.97. The molecule has 1 fully saturated rings. The summed E-state index contributed by atoms with van der Waals surface area (Å²) < 4.78 is 0. The first-order valence-electron chi connectivity index (χ1n) is 9.51. The van der Waals surface area contributed by atoms with E-state index in [-0.39, 0.29) is 30.2 Å². The second-order valence-corrected chi connectivity index (χ2v) is 7.09. The van der Waals surface area contributed by atoms with Gasteiger partial charge in [0.2, 0.25) is 11.8 Å². The van der Waals surface area contributed by atoms with E-state index in [1.54, 1.807) is 17.0 Å². The molecule has 2 N–H and O–H groups in total. The Morgan fingerprint density at radius 1 is 1.07 bits per heavy atom. The van der Waals surface area contributed by atoms with Crippen molar-refractivity contribution in [2.24, 2.45) is 5.92 Å². The van der Waals surface area contributed by atoms with E-state index in [0.29, 0.717) is 18.7 Å². The smallest absolute Gasteiger partial charge is 0.251 e. The summed E-state index contributed by atoms with van der Waals surface area (Å²) in [6.45, 7) is 2.82. The number of nitrogens with one attached hydrogen (secondary N) is 2. The largest absolute Gasteiger partial charge is 0.343 e. The molecule has 146 valence electrons. The van der Waals surface area contributed by atoms with Crippen LogP contribution >= 0.6 is 0 Å². The lowest BCUT2D eigenvalue weighted by molar-refractivity contribution is -0.133. The van der Waals surface area contributed by atoms with Gasteiger partial charge in [-0.15, -0.1) is 0 Å². The van der Waals surface area contributed by atoms with Crippen LogP contribution in [0.2, 0.25) is 0 Å². The lowest BCUT2D eigenvalue weighted by atomic mass is 9.97. The molecule has 0 radical (unpaired) electrons. The van der Waals surface area contributed by atoms with Gasteiger partial charge >= 0.3 is 0 Å². The normalized spacial score (nSPS) is 16.3. The standard InChI is InChI=1S/C22H25N3O3/c1-16-7-5-8-17(13-16)21(27)23-14-20(26)25-12-6-9-18(15-25)22(28)24-19-10-3-2-4-11-19/h2-5,7-8,10-11,13,18H,6,9,12,14-15H2,1H3,(H,23,27)(H,24,28). The number of carbonyl (C=O) groups excluding carboxylic acids is 3. The first-order chi connectivity index (χ1) is 13.5. The monoisotopic (exact) mass is 379 g/mol. The van der Waals surface area contributed by atoms with Crippen LogP contribution in [0, 0.1) is 12.8 Å². The molecule has 2 aromatic rings. The van der Waals surface area contributed by atoms with Gasteiger partial charge in [0.1, 0.15) is 0 Å². The van der Waals surface area contributed by atoms with E-state index in [0.717, 1.165) is 24.1 Å². The molecule has 3 rings (SSSR count). The molecule has 0 saturated carbocycles. The van der Waals surface area contributed by atoms with E-state index in [2.05, 4.69) is 10.6 Å². The number of carbonyl (C=O) groups is 3. The minimum atomic E-state index is -0.271. The number of para-hydroxylation sites is 1. The van der Waals surface area contributed by atoms with Crippen LogP contribution in [0.5, 0.6) is 0 Å². The minimum Gasteiger partial charge on any atom is -0.343 e. The van der Waals surface area contributed by atoms with Crippen LogP contribution in [0.25, 0.3) is 0 Å². The van der Waals surface area contributed by atoms with Crippen molar-refractivity contribution in [2.75, 3.05) is 25.0 Å². The number of piperidine rings is 1. The molecule has 6 nitrogen and oxygen atoms in total. The lowest BCUT2D eigenvalue weighted by Gasteiger charge is -2.32. The van der Waals surface area contributed by atoms with Gasteiger partial charge in [-0.05, 0) is 44.0 Å². The second kappa shape index (κ2) is 9.17. The third-order valence-electron chi connectivity index (χ3n) is 4.87. The molecule has 0 aromatic heterocycles. The summed E-state index contributed by atoms with van der Waals surface area (Å²) in [5.74, 6) is -0.761. The molecule has 3 amide bonds. The summed E-state index contributed by atoms with van der Waals surface area (Å²) in [5, 5.41) is 5.58. The molecule has 0 aliphatic carbocycles. The van der Waals surface area contributed by atoms with Crippen molar-refractivity contribution in [2.45, 2.75) is 19.8 Å². The predicted molar refractivity (Wildman–Crippen MR) is 108 cm³/mol. The second-order valence-electron chi connectivity index (χ2n) is 7.09. The van der Waals surface area contributed by atoms with Crippen LogP contribution in [0.15, 0.2) is 54.6 Å². The van der Waals surface area contributed by atoms with Crippen molar-refractivity contribution in [1.29, 1.82) is 0 Å². The Hall–Kier alpha value is -3.15. The molecule has 6 heteroatoms. The number of rotatable bonds is 5. The fraction of sp³-hybridized carbons (Fsp3) is 0.318. The van der Waals surface area contributed by atoms with Gasteiger partial charge < -0.3 is 15.5 Å². The van der Waals surface area contributed by atoms with Gasteiger partial charge in [0, 0.05) is 24.3 Å². The van der Waals surface area contributed by atoms with Gasteiger partial charge in [0.15, 0.2) is 0 Å². The van der Waals surface area contributed by atoms with Crippen molar-refractivity contribution >= 4 is 23.4 Å². The molecule has 0 bridgehead atoms. The molecule has 1 aliphatic heterocycles. The Morgan fingerprint density at radius 3 is 2.61 bits per heavy atom. The fourth-order valence-corrected chi connectivity index (χ4v) is 3.34. The van der Waals surface area contributed by atoms with Crippen LogP contribution in [0.1, 0.15) is 28.8 Å². The Kier molecular flexibility index (Phi) is 6.42. The molecule has 28 heavy (non-hydrogen) atoms. The molecule has 1 atom stereocenters. The van der Waals surface area contributed by atoms with E-state index >= 15 is 0 Å². The number of amides is 3. The quantitative estimate of drug-likeness (QED) is 0.838. The number of hydrogen-bond donors (Lipinski definition) is 2. The third-order valence-corrected chi connectivity index (χ3v) is 4.87. The summed E-state index contributed by atoms with van der Waals surface area (Å²) in [7, 11) is 0. The van der Waals surface area contributed by atoms with Crippen molar-refractivity contribution in [3.05, 3.63) is 65.7 Å². The molecule has 2 aromatic carbocycles. The lowest BCUT2D eigenvalue weighted by Crippen LogP contribution is -2.47. The zero-order valence-electron chi connectivity index (χ0n) is 16.0. The van der Waals surface area contributed by atoms with Crippen LogP contribution in [-0.4, -0.2) is 42.3 Å². The first-order valence-corrected chi connectivity index (χ1v) is 9.51. The maximum Gasteiger partial charge on any atom is 0.251 e. The average molecular weight is 379 g/mol. The summed E-state index contributed by atoms with van der Waals surface area (Å²) in [4.78, 5) is 38.9. The van der Waals surface area contributed by atoms with Crippen molar-refractivity contribution in [1.82, 2.24) is 10.2 Å². The third kappa shape index (κ3) is 5.19. The van der Waals surface area contributed by atoms with Crippen molar-refractivity contribution in [3.8, 4) is 0 Å². The van der Waals surface area contributed by atoms with Gasteiger partial charge in [-0.2, -0.15) is 0 Å². The summed E-state index contributed by atoms with van der Waals surface area (Å²) in [6.07, 6.45) is 1.52. The van der Waals surface area contributed by atoms with Gasteiger partial charge in [0.25, 0.3) is 5.91 Å². The highest BCUT2D eigenvalue weighted by atomic mass is 16.2. The topological polar surface area (TPSA) is 78.5 Å². The highest BCUT2D eigenvalue weighted by Gasteiger charge is 2.28. The van der Waals surface area contributed by atoms with E-state index < -0.39 is 0 Å². The fourth-order valence-electron chi connectivity index (χ4n) is 3.34. The van der Waals surface area contributed by atoms with Gasteiger partial charge in [-0.1, -0.05) is 35.9 Å². The minimum absolute atomic E-state index is 0.0696. The van der Waals surface area contributed by atoms with Crippen LogP contribution < -0.4 is 10.6 Å². The van der Waals surface area contributed by atoms with Crippen LogP contribution in [0.3, 0.4) is 0 Å². The average Bonchev–Trinajstić information content (AvgIpc) is 2.72. The molecular weight excluding hydrogens is 354 g/mol.